The third-order valence-electron chi connectivity index (χ3n) is 3.86. The van der Waals surface area contributed by atoms with Crippen LogP contribution in [0.5, 0.6) is 0 Å². The molecule has 0 atom stereocenters. The van der Waals surface area contributed by atoms with Crippen molar-refractivity contribution in [2.75, 3.05) is 0 Å². The Labute approximate surface area is 143 Å². The van der Waals surface area contributed by atoms with Crippen molar-refractivity contribution < 1.29 is 0 Å². The molecule has 0 aliphatic rings. The number of para-hydroxylation sites is 1. The molecule has 0 saturated heterocycles. The molecule has 0 N–H and O–H groups in total. The molecule has 4 nitrogen and oxygen atoms in total. The highest BCUT2D eigenvalue weighted by Crippen LogP contribution is 2.32. The molecule has 2 heterocycles. The van der Waals surface area contributed by atoms with Crippen LogP contribution in [0, 0.1) is 11.3 Å². The molecule has 0 radical (unpaired) electrons. The van der Waals surface area contributed by atoms with Gasteiger partial charge in [0.15, 0.2) is 0 Å². The number of hydrogen-bond acceptors (Lipinski definition) is 3. The van der Waals surface area contributed by atoms with Crippen LogP contribution in [0.3, 0.4) is 0 Å². The van der Waals surface area contributed by atoms with E-state index in [9.17, 15) is 5.26 Å². The fourth-order valence-corrected chi connectivity index (χ4v) is 3.01. The average Bonchev–Trinajstić information content (AvgIpc) is 3.01. The van der Waals surface area contributed by atoms with Gasteiger partial charge in [0.1, 0.15) is 17.9 Å². The summed E-state index contributed by atoms with van der Waals surface area (Å²) in [4.78, 5) is 8.77. The highest BCUT2D eigenvalue weighted by atomic mass is 35.5. The third kappa shape index (κ3) is 2.23. The van der Waals surface area contributed by atoms with Crippen molar-refractivity contribution in [3.8, 4) is 23.0 Å². The molecule has 0 spiro atoms. The van der Waals surface area contributed by atoms with E-state index in [0.29, 0.717) is 16.1 Å². The van der Waals surface area contributed by atoms with Gasteiger partial charge in [-0.25, -0.2) is 9.97 Å². The lowest BCUT2D eigenvalue weighted by molar-refractivity contribution is 1.11. The van der Waals surface area contributed by atoms with Crippen LogP contribution in [-0.4, -0.2) is 14.5 Å². The maximum Gasteiger partial charge on any atom is 0.116 e. The lowest BCUT2D eigenvalue weighted by Crippen LogP contribution is -1.97. The number of aromatic nitrogens is 3. The van der Waals surface area contributed by atoms with Crippen molar-refractivity contribution >= 4 is 22.6 Å². The van der Waals surface area contributed by atoms with E-state index >= 15 is 0 Å². The molecule has 2 aromatic carbocycles. The van der Waals surface area contributed by atoms with Gasteiger partial charge in [-0.05, 0) is 12.1 Å². The minimum atomic E-state index is 0.490. The Kier molecular flexibility index (Phi) is 3.49. The van der Waals surface area contributed by atoms with Crippen molar-refractivity contribution in [1.82, 2.24) is 14.5 Å². The number of hydrogen-bond donors (Lipinski definition) is 0. The van der Waals surface area contributed by atoms with E-state index in [1.54, 1.807) is 6.20 Å². The van der Waals surface area contributed by atoms with E-state index in [2.05, 4.69) is 16.0 Å². The highest BCUT2D eigenvalue weighted by molar-refractivity contribution is 6.32. The summed E-state index contributed by atoms with van der Waals surface area (Å²) in [5.74, 6) is 0. The largest absolute Gasteiger partial charge is 0.310 e. The highest BCUT2D eigenvalue weighted by Gasteiger charge is 2.17. The molecule has 0 bridgehead atoms. The van der Waals surface area contributed by atoms with Crippen LogP contribution >= 0.6 is 11.6 Å². The second kappa shape index (κ2) is 5.80. The molecule has 4 rings (SSSR count). The Morgan fingerprint density at radius 1 is 0.958 bits per heavy atom. The van der Waals surface area contributed by atoms with Crippen LogP contribution in [0.1, 0.15) is 5.56 Å². The topological polar surface area (TPSA) is 54.5 Å². The fourth-order valence-electron chi connectivity index (χ4n) is 2.79. The second-order valence-corrected chi connectivity index (χ2v) is 5.67. The molecule has 2 aromatic heterocycles. The first kappa shape index (κ1) is 14.4. The van der Waals surface area contributed by atoms with Crippen LogP contribution < -0.4 is 0 Å². The number of benzene rings is 2. The van der Waals surface area contributed by atoms with Gasteiger partial charge in [-0.2, -0.15) is 5.26 Å². The number of rotatable bonds is 2. The maximum absolute atomic E-state index is 9.47. The van der Waals surface area contributed by atoms with E-state index in [4.69, 9.17) is 11.6 Å². The lowest BCUT2D eigenvalue weighted by Gasteiger charge is -2.10. The first-order valence-electron chi connectivity index (χ1n) is 7.36. The summed E-state index contributed by atoms with van der Waals surface area (Å²) in [6.45, 7) is 0. The van der Waals surface area contributed by atoms with Gasteiger partial charge < -0.3 is 4.57 Å². The standard InChI is InChI=1S/C19H11ClN4/c20-15-8-4-5-9-16(15)24-11-14(10-21)18-19(24)17(22-12-23-18)13-6-2-1-3-7-13/h1-9,11-12H. The Morgan fingerprint density at radius 3 is 2.46 bits per heavy atom. The number of nitriles is 1. The van der Waals surface area contributed by atoms with Crippen LogP contribution in [0.2, 0.25) is 5.02 Å². The smallest absolute Gasteiger partial charge is 0.116 e. The van der Waals surface area contributed by atoms with Gasteiger partial charge in [-0.15, -0.1) is 0 Å². The van der Waals surface area contributed by atoms with Gasteiger partial charge in [0.25, 0.3) is 0 Å². The van der Waals surface area contributed by atoms with Crippen molar-refractivity contribution in [2.24, 2.45) is 0 Å². The summed E-state index contributed by atoms with van der Waals surface area (Å²) in [6, 6.07) is 19.5. The van der Waals surface area contributed by atoms with E-state index in [-0.39, 0.29) is 0 Å². The van der Waals surface area contributed by atoms with Crippen LogP contribution in [0.4, 0.5) is 0 Å². The first-order valence-corrected chi connectivity index (χ1v) is 7.74. The zero-order valence-corrected chi connectivity index (χ0v) is 13.3. The molecule has 114 valence electrons. The van der Waals surface area contributed by atoms with Gasteiger partial charge in [-0.3, -0.25) is 0 Å². The zero-order chi connectivity index (χ0) is 16.5. The summed E-state index contributed by atoms with van der Waals surface area (Å²) in [5.41, 5.74) is 4.39. The summed E-state index contributed by atoms with van der Waals surface area (Å²) < 4.78 is 1.89. The maximum atomic E-state index is 9.47. The quantitative estimate of drug-likeness (QED) is 0.539. The van der Waals surface area contributed by atoms with Gasteiger partial charge >= 0.3 is 0 Å². The molecular weight excluding hydrogens is 320 g/mol. The molecule has 0 aliphatic heterocycles. The van der Waals surface area contributed by atoms with Crippen LogP contribution in [0.25, 0.3) is 28.0 Å². The minimum Gasteiger partial charge on any atom is -0.310 e. The SMILES string of the molecule is N#Cc1cn(-c2ccccc2Cl)c2c(-c3ccccc3)ncnc12. The third-order valence-corrected chi connectivity index (χ3v) is 4.18. The van der Waals surface area contributed by atoms with Crippen molar-refractivity contribution in [1.29, 1.82) is 5.26 Å². The Morgan fingerprint density at radius 2 is 1.71 bits per heavy atom. The van der Waals surface area contributed by atoms with E-state index in [0.717, 1.165) is 22.5 Å². The molecule has 5 heteroatoms. The monoisotopic (exact) mass is 330 g/mol. The predicted octanol–water partition coefficient (Wildman–Crippen LogP) is 4.61. The Bertz CT molecular complexity index is 1080. The van der Waals surface area contributed by atoms with Crippen molar-refractivity contribution in [2.45, 2.75) is 0 Å². The lowest BCUT2D eigenvalue weighted by atomic mass is 10.1. The number of nitrogens with zero attached hydrogens (tertiary/aromatic N) is 4. The van der Waals surface area contributed by atoms with Gasteiger partial charge in [0, 0.05) is 11.8 Å². The van der Waals surface area contributed by atoms with Crippen LogP contribution in [-0.2, 0) is 0 Å². The van der Waals surface area contributed by atoms with Gasteiger partial charge in [-0.1, -0.05) is 54.1 Å². The number of halogens is 1. The molecule has 0 unspecified atom stereocenters. The zero-order valence-electron chi connectivity index (χ0n) is 12.5. The molecule has 0 saturated carbocycles. The van der Waals surface area contributed by atoms with Crippen LogP contribution in [0.15, 0.2) is 67.1 Å². The van der Waals surface area contributed by atoms with Crippen molar-refractivity contribution in [3.05, 3.63) is 77.7 Å². The molecule has 4 aromatic rings. The summed E-state index contributed by atoms with van der Waals surface area (Å²) in [6.07, 6.45) is 3.25. The Balaban J connectivity index is 2.12. The van der Waals surface area contributed by atoms with E-state index in [1.807, 2.05) is 59.2 Å². The molecule has 0 aliphatic carbocycles. The van der Waals surface area contributed by atoms with Gasteiger partial charge in [0.05, 0.1) is 27.5 Å². The average molecular weight is 331 g/mol. The second-order valence-electron chi connectivity index (χ2n) is 5.26. The summed E-state index contributed by atoms with van der Waals surface area (Å²) >= 11 is 6.37. The van der Waals surface area contributed by atoms with E-state index in [1.165, 1.54) is 6.33 Å². The van der Waals surface area contributed by atoms with Crippen molar-refractivity contribution in [3.63, 3.8) is 0 Å². The van der Waals surface area contributed by atoms with E-state index < -0.39 is 0 Å². The molecule has 24 heavy (non-hydrogen) atoms. The normalized spacial score (nSPS) is 10.7. The molecule has 0 amide bonds. The van der Waals surface area contributed by atoms with Gasteiger partial charge in [0.2, 0.25) is 0 Å². The minimum absolute atomic E-state index is 0.490. The predicted molar refractivity (Wildman–Crippen MR) is 94.0 cm³/mol. The fraction of sp³-hybridized carbons (Fsp3) is 0. The summed E-state index contributed by atoms with van der Waals surface area (Å²) in [5, 5.41) is 10.1. The summed E-state index contributed by atoms with van der Waals surface area (Å²) in [7, 11) is 0. The molecular formula is C19H11ClN4. The number of fused-ring (bicyclic) bond motifs is 1. The first-order chi connectivity index (χ1) is 11.8. The molecule has 0 fully saturated rings. The Hall–Kier alpha value is -3.16.